The normalized spacial score (nSPS) is 17.5. The van der Waals surface area contributed by atoms with Gasteiger partial charge in [-0.15, -0.1) is 0 Å². The van der Waals surface area contributed by atoms with Gasteiger partial charge < -0.3 is 29.1 Å². The van der Waals surface area contributed by atoms with Crippen LogP contribution in [0.25, 0.3) is 5.76 Å². The van der Waals surface area contributed by atoms with Crippen LogP contribution in [0.1, 0.15) is 31.0 Å². The Hall–Kier alpha value is -3.52. The van der Waals surface area contributed by atoms with Crippen molar-refractivity contribution in [3.05, 3.63) is 59.2 Å². The molecule has 3 rings (SSSR count). The Bertz CT molecular complexity index is 1080. The Kier molecular flexibility index (Phi) is 7.83. The van der Waals surface area contributed by atoms with Gasteiger partial charge in [0.05, 0.1) is 53.6 Å². The Morgan fingerprint density at radius 3 is 2.29 bits per heavy atom. The first-order valence-corrected chi connectivity index (χ1v) is 11.2. The number of carbonyl (C=O) groups is 2. The summed E-state index contributed by atoms with van der Waals surface area (Å²) in [5, 5.41) is 13.6. The fourth-order valence-corrected chi connectivity index (χ4v) is 4.01. The van der Waals surface area contributed by atoms with Gasteiger partial charge in [0, 0.05) is 11.1 Å². The first kappa shape index (κ1) is 25.1. The molecule has 0 aromatic heterocycles. The lowest BCUT2D eigenvalue weighted by molar-refractivity contribution is -0.857. The lowest BCUT2D eigenvalue weighted by Gasteiger charge is -2.29. The number of benzene rings is 2. The van der Waals surface area contributed by atoms with E-state index in [1.54, 1.807) is 42.5 Å². The Balaban J connectivity index is 2.17. The molecule has 182 valence electrons. The van der Waals surface area contributed by atoms with E-state index in [-0.39, 0.29) is 11.7 Å². The highest BCUT2D eigenvalue weighted by Gasteiger charge is 2.45. The summed E-state index contributed by atoms with van der Waals surface area (Å²) in [7, 11) is 6.92. The molecular formula is C26H32N2O6. The van der Waals surface area contributed by atoms with Crippen molar-refractivity contribution in [2.45, 2.75) is 26.0 Å². The second-order valence-corrected chi connectivity index (χ2v) is 8.70. The number of hydrogen-bond acceptors (Lipinski definition) is 6. The maximum atomic E-state index is 13.6. The fourth-order valence-electron chi connectivity index (χ4n) is 4.01. The summed E-state index contributed by atoms with van der Waals surface area (Å²) in [5.74, 6) is -0.538. The monoisotopic (exact) mass is 468 g/mol. The van der Waals surface area contributed by atoms with Gasteiger partial charge in [-0.2, -0.15) is 0 Å². The second kappa shape index (κ2) is 10.6. The number of amides is 1. The molecule has 8 heteroatoms. The average Bonchev–Trinajstić information content (AvgIpc) is 3.06. The van der Waals surface area contributed by atoms with Crippen LogP contribution in [0.3, 0.4) is 0 Å². The van der Waals surface area contributed by atoms with E-state index in [0.29, 0.717) is 41.5 Å². The number of likely N-dealkylation sites (tertiary alicyclic amines) is 1. The van der Waals surface area contributed by atoms with E-state index >= 15 is 0 Å². The number of para-hydroxylation sites is 1. The van der Waals surface area contributed by atoms with Crippen molar-refractivity contribution in [3.63, 3.8) is 0 Å². The smallest absolute Gasteiger partial charge is 0.295 e. The molecular weight excluding hydrogens is 436 g/mol. The van der Waals surface area contributed by atoms with E-state index in [9.17, 15) is 14.7 Å². The SMILES string of the molecule is COc1cccc(C2C(=C([O-])c3ccc(OC(C)C)cc3)C(=O)C(=O)N2CC[NH+](C)C)c1OC. The van der Waals surface area contributed by atoms with E-state index < -0.39 is 23.5 Å². The van der Waals surface area contributed by atoms with Crippen molar-refractivity contribution in [2.75, 3.05) is 41.4 Å². The number of Topliss-reactive ketones (excluding diaryl/α,β-unsaturated/α-hetero) is 1. The highest BCUT2D eigenvalue weighted by molar-refractivity contribution is 6.46. The van der Waals surface area contributed by atoms with Crippen LogP contribution in [0.2, 0.25) is 0 Å². The van der Waals surface area contributed by atoms with Gasteiger partial charge in [-0.05, 0) is 37.6 Å². The second-order valence-electron chi connectivity index (χ2n) is 8.70. The highest BCUT2D eigenvalue weighted by Crippen LogP contribution is 2.44. The standard InChI is InChI=1S/C26H32N2O6/c1-16(2)34-18-12-10-17(11-13-18)23(29)21-22(19-8-7-9-20(32-5)25(19)33-6)28(15-14-27(3)4)26(31)24(21)30/h7-13,16,22,29H,14-15H2,1-6H3. The summed E-state index contributed by atoms with van der Waals surface area (Å²) in [5.41, 5.74) is 0.736. The van der Waals surface area contributed by atoms with Crippen molar-refractivity contribution in [2.24, 2.45) is 0 Å². The molecule has 1 N–H and O–H groups in total. The molecule has 1 heterocycles. The zero-order chi connectivity index (χ0) is 25.0. The number of nitrogens with one attached hydrogen (secondary N) is 1. The number of hydrogen-bond donors (Lipinski definition) is 1. The van der Waals surface area contributed by atoms with Crippen LogP contribution in [0.15, 0.2) is 48.0 Å². The Morgan fingerprint density at radius 1 is 1.06 bits per heavy atom. The van der Waals surface area contributed by atoms with E-state index in [2.05, 4.69) is 0 Å². The lowest BCUT2D eigenvalue weighted by Crippen LogP contribution is -3.06. The molecule has 34 heavy (non-hydrogen) atoms. The number of rotatable bonds is 9. The minimum Gasteiger partial charge on any atom is -0.872 e. The molecule has 2 aromatic rings. The maximum absolute atomic E-state index is 13.6. The summed E-state index contributed by atoms with van der Waals surface area (Å²) in [6.07, 6.45) is -0.0118. The predicted molar refractivity (Wildman–Crippen MR) is 126 cm³/mol. The van der Waals surface area contributed by atoms with Gasteiger partial charge in [0.1, 0.15) is 5.75 Å². The average molecular weight is 469 g/mol. The molecule has 1 unspecified atom stereocenters. The number of nitrogens with zero attached hydrogens (tertiary/aromatic N) is 1. The molecule has 2 aromatic carbocycles. The zero-order valence-corrected chi connectivity index (χ0v) is 20.5. The molecule has 0 bridgehead atoms. The molecule has 0 aliphatic carbocycles. The molecule has 1 fully saturated rings. The molecule has 1 aliphatic heterocycles. The van der Waals surface area contributed by atoms with E-state index in [0.717, 1.165) is 4.90 Å². The van der Waals surface area contributed by atoms with Gasteiger partial charge >= 0.3 is 0 Å². The van der Waals surface area contributed by atoms with Crippen LogP contribution in [-0.2, 0) is 9.59 Å². The Labute approximate surface area is 200 Å². The number of carbonyl (C=O) groups excluding carboxylic acids is 2. The van der Waals surface area contributed by atoms with Gasteiger partial charge in [0.2, 0.25) is 5.78 Å². The lowest BCUT2D eigenvalue weighted by atomic mass is 9.94. The molecule has 0 spiro atoms. The van der Waals surface area contributed by atoms with E-state index in [4.69, 9.17) is 14.2 Å². The van der Waals surface area contributed by atoms with Crippen molar-refractivity contribution >= 4 is 17.4 Å². The number of quaternary nitrogens is 1. The van der Waals surface area contributed by atoms with Gasteiger partial charge in [-0.3, -0.25) is 9.59 Å². The minimum absolute atomic E-state index is 0.0118. The maximum Gasteiger partial charge on any atom is 0.295 e. The summed E-state index contributed by atoms with van der Waals surface area (Å²) in [4.78, 5) is 28.8. The van der Waals surface area contributed by atoms with E-state index in [1.165, 1.54) is 19.1 Å². The predicted octanol–water partition coefficient (Wildman–Crippen LogP) is 0.860. The van der Waals surface area contributed by atoms with Crippen molar-refractivity contribution in [3.8, 4) is 17.2 Å². The third-order valence-electron chi connectivity index (χ3n) is 5.60. The van der Waals surface area contributed by atoms with Gasteiger partial charge in [-0.1, -0.05) is 30.0 Å². The van der Waals surface area contributed by atoms with Crippen LogP contribution in [0.4, 0.5) is 0 Å². The summed E-state index contributed by atoms with van der Waals surface area (Å²) in [6.45, 7) is 4.72. The minimum atomic E-state index is -0.886. The first-order valence-electron chi connectivity index (χ1n) is 11.2. The number of likely N-dealkylation sites (N-methyl/N-ethyl adjacent to an activating group) is 1. The quantitative estimate of drug-likeness (QED) is 0.333. The topological polar surface area (TPSA) is 92.6 Å². The van der Waals surface area contributed by atoms with Crippen LogP contribution < -0.4 is 24.2 Å². The molecule has 1 amide bonds. The third-order valence-corrected chi connectivity index (χ3v) is 5.60. The number of methoxy groups -OCH3 is 2. The molecule has 8 nitrogen and oxygen atoms in total. The van der Waals surface area contributed by atoms with Crippen LogP contribution in [0, 0.1) is 0 Å². The molecule has 1 aliphatic rings. The van der Waals surface area contributed by atoms with Gasteiger partial charge in [0.25, 0.3) is 5.91 Å². The van der Waals surface area contributed by atoms with Gasteiger partial charge in [0.15, 0.2) is 11.5 Å². The Morgan fingerprint density at radius 2 is 1.74 bits per heavy atom. The molecule has 1 atom stereocenters. The first-order chi connectivity index (χ1) is 16.2. The summed E-state index contributed by atoms with van der Waals surface area (Å²) >= 11 is 0. The zero-order valence-electron chi connectivity index (χ0n) is 20.5. The van der Waals surface area contributed by atoms with Crippen molar-refractivity contribution < 1.29 is 33.8 Å². The largest absolute Gasteiger partial charge is 0.872 e. The van der Waals surface area contributed by atoms with Crippen molar-refractivity contribution in [1.82, 2.24) is 4.90 Å². The van der Waals surface area contributed by atoms with Crippen LogP contribution >= 0.6 is 0 Å². The van der Waals surface area contributed by atoms with E-state index in [1.807, 2.05) is 27.9 Å². The summed E-state index contributed by atoms with van der Waals surface area (Å²) < 4.78 is 16.7. The van der Waals surface area contributed by atoms with Crippen molar-refractivity contribution in [1.29, 1.82) is 0 Å². The van der Waals surface area contributed by atoms with Crippen LogP contribution in [0.5, 0.6) is 17.2 Å². The highest BCUT2D eigenvalue weighted by atomic mass is 16.5. The van der Waals surface area contributed by atoms with Crippen LogP contribution in [-0.4, -0.2) is 64.1 Å². The number of ether oxygens (including phenoxy) is 3. The molecule has 0 radical (unpaired) electrons. The van der Waals surface area contributed by atoms with Gasteiger partial charge in [-0.25, -0.2) is 0 Å². The number of ketones is 1. The fraction of sp³-hybridized carbons (Fsp3) is 0.385. The molecule has 1 saturated heterocycles. The summed E-state index contributed by atoms with van der Waals surface area (Å²) in [6, 6.07) is 10.9. The molecule has 0 saturated carbocycles. The third kappa shape index (κ3) is 5.02.